The van der Waals surface area contributed by atoms with Crippen molar-refractivity contribution in [3.05, 3.63) is 48.6 Å². The van der Waals surface area contributed by atoms with Crippen molar-refractivity contribution in [3.63, 3.8) is 0 Å². The van der Waals surface area contributed by atoms with E-state index in [1.54, 1.807) is 12.2 Å². The third-order valence-electron chi connectivity index (χ3n) is 2.52. The molecular weight excluding hydrogens is 246 g/mol. The summed E-state index contributed by atoms with van der Waals surface area (Å²) in [5.41, 5.74) is 0. The molecule has 0 aromatic rings. The lowest BCUT2D eigenvalue weighted by Gasteiger charge is -2.03. The van der Waals surface area contributed by atoms with Gasteiger partial charge in [-0.05, 0) is 31.6 Å². The van der Waals surface area contributed by atoms with E-state index in [0.717, 1.165) is 32.2 Å². The van der Waals surface area contributed by atoms with Gasteiger partial charge in [-0.2, -0.15) is 0 Å². The van der Waals surface area contributed by atoms with Crippen LogP contribution in [0.5, 0.6) is 0 Å². The number of rotatable bonds is 10. The lowest BCUT2D eigenvalue weighted by molar-refractivity contribution is -0.116. The number of nitrogens with one attached hydrogen (secondary N) is 1. The van der Waals surface area contributed by atoms with Gasteiger partial charge in [-0.15, -0.1) is 0 Å². The molecule has 0 heterocycles. The number of unbranched alkanes of at least 4 members (excludes halogenated alkanes) is 1. The minimum absolute atomic E-state index is 0.0223. The molecule has 0 fully saturated rings. The van der Waals surface area contributed by atoms with Gasteiger partial charge in [0.05, 0.1) is 0 Å². The molecule has 0 spiro atoms. The van der Waals surface area contributed by atoms with Gasteiger partial charge in [0.25, 0.3) is 0 Å². The highest BCUT2D eigenvalue weighted by Gasteiger charge is 1.95. The molecule has 2 heteroatoms. The van der Waals surface area contributed by atoms with Crippen LogP contribution in [0.1, 0.15) is 46.5 Å². The molecule has 0 aliphatic rings. The van der Waals surface area contributed by atoms with Crippen LogP contribution in [0.3, 0.4) is 0 Å². The fourth-order valence-corrected chi connectivity index (χ4v) is 1.43. The molecule has 20 heavy (non-hydrogen) atoms. The largest absolute Gasteiger partial charge is 0.352 e. The lowest BCUT2D eigenvalue weighted by atomic mass is 10.2. The summed E-state index contributed by atoms with van der Waals surface area (Å²) in [6, 6.07) is 0. The Hall–Kier alpha value is -1.57. The standard InChI is InChI=1S/C18H29NO/c1-4-5-6-7-8-9-10-11-12-13-14-15-18(20)19-16-17(2)3/h5-6,8-9,12-15,17H,4,7,10-11,16H2,1-3H3,(H,19,20). The maximum atomic E-state index is 11.4. The fraction of sp³-hybridized carbons (Fsp3) is 0.500. The maximum Gasteiger partial charge on any atom is 0.243 e. The third kappa shape index (κ3) is 14.5. The van der Waals surface area contributed by atoms with Gasteiger partial charge in [-0.1, -0.05) is 63.3 Å². The molecule has 0 radical (unpaired) electrons. The number of hydrogen-bond acceptors (Lipinski definition) is 1. The molecular formula is C18H29NO. The van der Waals surface area contributed by atoms with E-state index in [9.17, 15) is 4.79 Å². The van der Waals surface area contributed by atoms with Crippen molar-refractivity contribution < 1.29 is 4.79 Å². The van der Waals surface area contributed by atoms with Gasteiger partial charge in [0.15, 0.2) is 0 Å². The van der Waals surface area contributed by atoms with E-state index in [-0.39, 0.29) is 5.91 Å². The molecule has 0 bridgehead atoms. The van der Waals surface area contributed by atoms with Crippen LogP contribution in [-0.2, 0) is 4.79 Å². The molecule has 1 N–H and O–H groups in total. The second-order valence-electron chi connectivity index (χ2n) is 5.09. The van der Waals surface area contributed by atoms with Crippen LogP contribution < -0.4 is 5.32 Å². The first-order valence-electron chi connectivity index (χ1n) is 7.57. The zero-order valence-corrected chi connectivity index (χ0v) is 13.1. The van der Waals surface area contributed by atoms with Gasteiger partial charge in [0.1, 0.15) is 0 Å². The summed E-state index contributed by atoms with van der Waals surface area (Å²) in [6.07, 6.45) is 20.3. The molecule has 0 saturated carbocycles. The summed E-state index contributed by atoms with van der Waals surface area (Å²) in [5.74, 6) is 0.466. The van der Waals surface area contributed by atoms with Crippen molar-refractivity contribution >= 4 is 5.91 Å². The predicted octanol–water partition coefficient (Wildman–Crippen LogP) is 4.56. The molecule has 0 saturated heterocycles. The van der Waals surface area contributed by atoms with E-state index in [1.807, 2.05) is 6.08 Å². The van der Waals surface area contributed by atoms with E-state index in [2.05, 4.69) is 56.5 Å². The van der Waals surface area contributed by atoms with E-state index in [0.29, 0.717) is 5.92 Å². The van der Waals surface area contributed by atoms with Gasteiger partial charge >= 0.3 is 0 Å². The summed E-state index contributed by atoms with van der Waals surface area (Å²) in [4.78, 5) is 11.4. The number of hydrogen-bond donors (Lipinski definition) is 1. The molecule has 2 nitrogen and oxygen atoms in total. The van der Waals surface area contributed by atoms with Crippen LogP contribution >= 0.6 is 0 Å². The zero-order valence-electron chi connectivity index (χ0n) is 13.1. The minimum atomic E-state index is -0.0223. The minimum Gasteiger partial charge on any atom is -0.352 e. The van der Waals surface area contributed by atoms with E-state index in [4.69, 9.17) is 0 Å². The van der Waals surface area contributed by atoms with Crippen molar-refractivity contribution in [1.82, 2.24) is 5.32 Å². The van der Waals surface area contributed by atoms with Crippen LogP contribution in [-0.4, -0.2) is 12.5 Å². The van der Waals surface area contributed by atoms with Gasteiger partial charge in [-0.3, -0.25) is 4.79 Å². The van der Waals surface area contributed by atoms with Crippen LogP contribution in [0.4, 0.5) is 0 Å². The van der Waals surface area contributed by atoms with Gasteiger partial charge < -0.3 is 5.32 Å². The van der Waals surface area contributed by atoms with Gasteiger partial charge in [0.2, 0.25) is 5.91 Å². The summed E-state index contributed by atoms with van der Waals surface area (Å²) in [5, 5.41) is 2.84. The van der Waals surface area contributed by atoms with Crippen LogP contribution in [0.15, 0.2) is 48.6 Å². The highest BCUT2D eigenvalue weighted by Crippen LogP contribution is 1.96. The second kappa shape index (κ2) is 13.9. The van der Waals surface area contributed by atoms with E-state index < -0.39 is 0 Å². The molecule has 0 aromatic carbocycles. The summed E-state index contributed by atoms with van der Waals surface area (Å²) in [7, 11) is 0. The Morgan fingerprint density at radius 3 is 2.40 bits per heavy atom. The maximum absolute atomic E-state index is 11.4. The SMILES string of the molecule is CCC=CCC=CCCC=CC=CC(=O)NCC(C)C. The average molecular weight is 275 g/mol. The molecule has 0 atom stereocenters. The Morgan fingerprint density at radius 2 is 1.70 bits per heavy atom. The van der Waals surface area contributed by atoms with Crippen molar-refractivity contribution in [2.45, 2.75) is 46.5 Å². The van der Waals surface area contributed by atoms with Gasteiger partial charge in [0, 0.05) is 12.6 Å². The topological polar surface area (TPSA) is 29.1 Å². The zero-order chi connectivity index (χ0) is 15.1. The molecule has 0 aliphatic carbocycles. The molecule has 0 unspecified atom stereocenters. The first-order chi connectivity index (χ1) is 9.66. The van der Waals surface area contributed by atoms with Crippen molar-refractivity contribution in [2.24, 2.45) is 5.92 Å². The average Bonchev–Trinajstić information content (AvgIpc) is 2.42. The molecule has 0 aromatic heterocycles. The van der Waals surface area contributed by atoms with Crippen molar-refractivity contribution in [3.8, 4) is 0 Å². The Morgan fingerprint density at radius 1 is 1.00 bits per heavy atom. The summed E-state index contributed by atoms with van der Waals surface area (Å²) >= 11 is 0. The Bertz CT molecular complexity index is 348. The van der Waals surface area contributed by atoms with Crippen molar-refractivity contribution in [2.75, 3.05) is 6.54 Å². The number of allylic oxidation sites excluding steroid dienone is 7. The van der Waals surface area contributed by atoms with E-state index >= 15 is 0 Å². The molecule has 0 aliphatic heterocycles. The normalized spacial score (nSPS) is 12.6. The molecule has 0 rings (SSSR count). The lowest BCUT2D eigenvalue weighted by Crippen LogP contribution is -2.25. The molecule has 1 amide bonds. The fourth-order valence-electron chi connectivity index (χ4n) is 1.43. The van der Waals surface area contributed by atoms with Crippen LogP contribution in [0.25, 0.3) is 0 Å². The monoisotopic (exact) mass is 275 g/mol. The Balaban J connectivity index is 3.60. The first kappa shape index (κ1) is 18.4. The second-order valence-corrected chi connectivity index (χ2v) is 5.09. The third-order valence-corrected chi connectivity index (χ3v) is 2.52. The Kier molecular flexibility index (Phi) is 12.8. The van der Waals surface area contributed by atoms with Crippen LogP contribution in [0.2, 0.25) is 0 Å². The Labute approximate surface area is 124 Å². The van der Waals surface area contributed by atoms with Crippen molar-refractivity contribution in [1.29, 1.82) is 0 Å². The number of amides is 1. The highest BCUT2D eigenvalue weighted by atomic mass is 16.1. The van der Waals surface area contributed by atoms with E-state index in [1.165, 1.54) is 0 Å². The molecule has 112 valence electrons. The highest BCUT2D eigenvalue weighted by molar-refractivity contribution is 5.87. The number of carbonyl (C=O) groups is 1. The first-order valence-corrected chi connectivity index (χ1v) is 7.57. The van der Waals surface area contributed by atoms with Crippen LogP contribution in [0, 0.1) is 5.92 Å². The quantitative estimate of drug-likeness (QED) is 0.269. The summed E-state index contributed by atoms with van der Waals surface area (Å²) in [6.45, 7) is 7.02. The smallest absolute Gasteiger partial charge is 0.243 e. The summed E-state index contributed by atoms with van der Waals surface area (Å²) < 4.78 is 0. The number of carbonyl (C=O) groups excluding carboxylic acids is 1. The van der Waals surface area contributed by atoms with Gasteiger partial charge in [-0.25, -0.2) is 0 Å². The predicted molar refractivity (Wildman–Crippen MR) is 88.5 cm³/mol.